The molecule has 0 unspecified atom stereocenters. The third kappa shape index (κ3) is 5.04. The van der Waals surface area contributed by atoms with Crippen LogP contribution in [0.3, 0.4) is 0 Å². The Morgan fingerprint density at radius 1 is 1.26 bits per heavy atom. The number of carbonyl (C=O) groups excluding carboxylic acids is 2. The molecule has 1 aromatic rings. The van der Waals surface area contributed by atoms with Crippen LogP contribution in [0.2, 0.25) is 0 Å². The molecule has 0 aliphatic heterocycles. The van der Waals surface area contributed by atoms with Gasteiger partial charge >= 0.3 is 0 Å². The standard InChI is InChI=1S/C11H14N4O4/c12-14-10(18)3-4-11(19)15-13-6-7-1-2-8(16)5-9(7)17/h1-2,5-6,16-17H,3-4,12H2,(H,14,18)(H,15,19)/b13-6-. The van der Waals surface area contributed by atoms with Crippen LogP contribution in [-0.2, 0) is 9.59 Å². The lowest BCUT2D eigenvalue weighted by molar-refractivity contribution is -0.126. The summed E-state index contributed by atoms with van der Waals surface area (Å²) in [6, 6.07) is 3.95. The first-order chi connectivity index (χ1) is 9.02. The molecule has 8 nitrogen and oxygen atoms in total. The van der Waals surface area contributed by atoms with Gasteiger partial charge in [0.15, 0.2) is 0 Å². The minimum atomic E-state index is -0.460. The van der Waals surface area contributed by atoms with Crippen molar-refractivity contribution in [3.8, 4) is 11.5 Å². The first-order valence-corrected chi connectivity index (χ1v) is 5.36. The quantitative estimate of drug-likeness (QED) is 0.208. The van der Waals surface area contributed by atoms with E-state index in [1.807, 2.05) is 5.43 Å². The number of benzene rings is 1. The van der Waals surface area contributed by atoms with Crippen molar-refractivity contribution in [1.29, 1.82) is 0 Å². The molecule has 19 heavy (non-hydrogen) atoms. The Labute approximate surface area is 108 Å². The lowest BCUT2D eigenvalue weighted by Crippen LogP contribution is -2.31. The molecule has 6 N–H and O–H groups in total. The third-order valence-electron chi connectivity index (χ3n) is 2.15. The second-order valence-corrected chi connectivity index (χ2v) is 3.60. The molecular weight excluding hydrogens is 252 g/mol. The average molecular weight is 266 g/mol. The number of hydrazine groups is 1. The van der Waals surface area contributed by atoms with E-state index in [9.17, 15) is 14.7 Å². The number of amides is 2. The number of nitrogens with two attached hydrogens (primary N) is 1. The van der Waals surface area contributed by atoms with E-state index in [2.05, 4.69) is 10.5 Å². The van der Waals surface area contributed by atoms with Gasteiger partial charge in [0.2, 0.25) is 11.8 Å². The number of hydrogen-bond acceptors (Lipinski definition) is 6. The Hall–Kier alpha value is -2.61. The van der Waals surface area contributed by atoms with E-state index in [1.165, 1.54) is 18.3 Å². The number of hydrazone groups is 1. The minimum Gasteiger partial charge on any atom is -0.508 e. The zero-order valence-corrected chi connectivity index (χ0v) is 9.96. The molecule has 0 aliphatic rings. The van der Waals surface area contributed by atoms with Gasteiger partial charge in [0.1, 0.15) is 11.5 Å². The summed E-state index contributed by atoms with van der Waals surface area (Å²) in [7, 11) is 0. The molecule has 0 heterocycles. The smallest absolute Gasteiger partial charge is 0.240 e. The normalized spacial score (nSPS) is 10.4. The van der Waals surface area contributed by atoms with Gasteiger partial charge < -0.3 is 10.2 Å². The minimum absolute atomic E-state index is 0.0394. The van der Waals surface area contributed by atoms with Crippen LogP contribution >= 0.6 is 0 Å². The van der Waals surface area contributed by atoms with Crippen LogP contribution in [0.5, 0.6) is 11.5 Å². The van der Waals surface area contributed by atoms with Crippen LogP contribution in [0.25, 0.3) is 0 Å². The van der Waals surface area contributed by atoms with Crippen LogP contribution in [0.15, 0.2) is 23.3 Å². The fourth-order valence-electron chi connectivity index (χ4n) is 1.17. The zero-order chi connectivity index (χ0) is 14.3. The summed E-state index contributed by atoms with van der Waals surface area (Å²) >= 11 is 0. The molecule has 0 atom stereocenters. The third-order valence-corrected chi connectivity index (χ3v) is 2.15. The molecule has 8 heteroatoms. The second kappa shape index (κ2) is 6.97. The molecule has 1 aromatic carbocycles. The highest BCUT2D eigenvalue weighted by Crippen LogP contribution is 2.20. The van der Waals surface area contributed by atoms with Crippen molar-refractivity contribution in [2.75, 3.05) is 0 Å². The average Bonchev–Trinajstić information content (AvgIpc) is 2.38. The zero-order valence-electron chi connectivity index (χ0n) is 9.96. The Bertz CT molecular complexity index is 501. The summed E-state index contributed by atoms with van der Waals surface area (Å²) in [5, 5.41) is 22.1. The summed E-state index contributed by atoms with van der Waals surface area (Å²) in [5.41, 5.74) is 4.42. The molecule has 102 valence electrons. The van der Waals surface area contributed by atoms with Crippen molar-refractivity contribution in [2.45, 2.75) is 12.8 Å². The molecule has 0 spiro atoms. The van der Waals surface area contributed by atoms with Crippen molar-refractivity contribution < 1.29 is 19.8 Å². The largest absolute Gasteiger partial charge is 0.508 e. The first-order valence-electron chi connectivity index (χ1n) is 5.36. The second-order valence-electron chi connectivity index (χ2n) is 3.60. The molecule has 0 saturated carbocycles. The predicted octanol–water partition coefficient (Wildman–Crippen LogP) is -0.682. The molecule has 0 bridgehead atoms. The Kier molecular flexibility index (Phi) is 5.30. The van der Waals surface area contributed by atoms with Crippen LogP contribution < -0.4 is 16.7 Å². The lowest BCUT2D eigenvalue weighted by atomic mass is 10.2. The van der Waals surface area contributed by atoms with E-state index < -0.39 is 11.8 Å². The van der Waals surface area contributed by atoms with Gasteiger partial charge in [-0.2, -0.15) is 5.10 Å². The van der Waals surface area contributed by atoms with Crippen molar-refractivity contribution in [1.82, 2.24) is 10.9 Å². The fourth-order valence-corrected chi connectivity index (χ4v) is 1.17. The van der Waals surface area contributed by atoms with E-state index in [1.54, 1.807) is 0 Å². The molecule has 0 saturated heterocycles. The lowest BCUT2D eigenvalue weighted by Gasteiger charge is -2.00. The number of nitrogens with one attached hydrogen (secondary N) is 2. The summed E-state index contributed by atoms with van der Waals surface area (Å²) in [6.45, 7) is 0. The highest BCUT2D eigenvalue weighted by Gasteiger charge is 2.04. The monoisotopic (exact) mass is 266 g/mol. The number of aromatic hydroxyl groups is 2. The fraction of sp³-hybridized carbons (Fsp3) is 0.182. The van der Waals surface area contributed by atoms with Gasteiger partial charge in [-0.05, 0) is 12.1 Å². The summed E-state index contributed by atoms with van der Waals surface area (Å²) in [5.74, 6) is 3.70. The van der Waals surface area contributed by atoms with Gasteiger partial charge in [-0.15, -0.1) is 0 Å². The van der Waals surface area contributed by atoms with E-state index >= 15 is 0 Å². The van der Waals surface area contributed by atoms with E-state index in [-0.39, 0.29) is 24.3 Å². The molecule has 2 amide bonds. The molecule has 1 rings (SSSR count). The maximum absolute atomic E-state index is 11.2. The van der Waals surface area contributed by atoms with Crippen molar-refractivity contribution in [2.24, 2.45) is 10.9 Å². The Morgan fingerprint density at radius 3 is 2.58 bits per heavy atom. The number of hydrogen-bond donors (Lipinski definition) is 5. The molecule has 0 fully saturated rings. The van der Waals surface area contributed by atoms with E-state index in [0.717, 1.165) is 6.07 Å². The van der Waals surface area contributed by atoms with Gasteiger partial charge in [-0.3, -0.25) is 15.0 Å². The summed E-state index contributed by atoms with van der Waals surface area (Å²) < 4.78 is 0. The maximum Gasteiger partial charge on any atom is 0.240 e. The maximum atomic E-state index is 11.2. The van der Waals surface area contributed by atoms with Crippen LogP contribution in [-0.4, -0.2) is 28.2 Å². The van der Waals surface area contributed by atoms with Crippen LogP contribution in [0.4, 0.5) is 0 Å². The summed E-state index contributed by atoms with van der Waals surface area (Å²) in [6.07, 6.45) is 1.12. The Balaban J connectivity index is 2.45. The summed E-state index contributed by atoms with van der Waals surface area (Å²) in [4.78, 5) is 22.0. The molecule has 0 aliphatic carbocycles. The molecular formula is C11H14N4O4. The highest BCUT2D eigenvalue weighted by molar-refractivity contribution is 5.86. The predicted molar refractivity (Wildman–Crippen MR) is 67.1 cm³/mol. The van der Waals surface area contributed by atoms with Gasteiger partial charge in [0.25, 0.3) is 0 Å². The van der Waals surface area contributed by atoms with Gasteiger partial charge in [-0.25, -0.2) is 11.3 Å². The SMILES string of the molecule is NNC(=O)CCC(=O)N/N=C\c1ccc(O)cc1O. The first kappa shape index (κ1) is 14.5. The van der Waals surface area contributed by atoms with E-state index in [0.29, 0.717) is 5.56 Å². The Morgan fingerprint density at radius 2 is 1.95 bits per heavy atom. The van der Waals surface area contributed by atoms with E-state index in [4.69, 9.17) is 10.9 Å². The van der Waals surface area contributed by atoms with Gasteiger partial charge in [0, 0.05) is 24.5 Å². The number of rotatable bonds is 5. The van der Waals surface area contributed by atoms with Crippen LogP contribution in [0.1, 0.15) is 18.4 Å². The number of phenolic OH excluding ortho intramolecular Hbond substituents is 2. The van der Waals surface area contributed by atoms with Crippen molar-refractivity contribution in [3.05, 3.63) is 23.8 Å². The van der Waals surface area contributed by atoms with Crippen molar-refractivity contribution >= 4 is 18.0 Å². The number of nitrogens with zero attached hydrogens (tertiary/aromatic N) is 1. The topological polar surface area (TPSA) is 137 Å². The number of carbonyl (C=O) groups is 2. The van der Waals surface area contributed by atoms with Gasteiger partial charge in [0.05, 0.1) is 6.21 Å². The van der Waals surface area contributed by atoms with Crippen molar-refractivity contribution in [3.63, 3.8) is 0 Å². The highest BCUT2D eigenvalue weighted by atomic mass is 16.3. The molecule has 0 aromatic heterocycles. The van der Waals surface area contributed by atoms with Crippen LogP contribution in [0, 0.1) is 0 Å². The molecule has 0 radical (unpaired) electrons. The van der Waals surface area contributed by atoms with Gasteiger partial charge in [-0.1, -0.05) is 0 Å². The number of phenols is 2.